The number of thioether (sulfide) groups is 1. The first-order chi connectivity index (χ1) is 8.08. The first-order valence-electron chi connectivity index (χ1n) is 5.21. The fourth-order valence-electron chi connectivity index (χ4n) is 1.17. The molecule has 92 valence electrons. The third kappa shape index (κ3) is 5.97. The van der Waals surface area contributed by atoms with E-state index in [4.69, 9.17) is 4.74 Å². The third-order valence-electron chi connectivity index (χ3n) is 1.83. The van der Waals surface area contributed by atoms with Crippen LogP contribution in [0.25, 0.3) is 0 Å². The second-order valence-corrected chi connectivity index (χ2v) is 4.64. The minimum Gasteiger partial charge on any atom is -0.449 e. The van der Waals surface area contributed by atoms with E-state index in [1.54, 1.807) is 0 Å². The molecular weight excluding hydrogens is 238 g/mol. The van der Waals surface area contributed by atoms with E-state index in [0.717, 1.165) is 4.90 Å². The molecule has 0 heterocycles. The summed E-state index contributed by atoms with van der Waals surface area (Å²) in [6, 6.07) is 9.58. The maximum atomic E-state index is 10.9. The maximum Gasteiger partial charge on any atom is 0.303 e. The lowest BCUT2D eigenvalue weighted by Crippen LogP contribution is -2.31. The quantitative estimate of drug-likeness (QED) is 0.494. The Balaban J connectivity index is 2.56. The predicted octanol–water partition coefficient (Wildman–Crippen LogP) is 1.80. The number of esters is 1. The van der Waals surface area contributed by atoms with Crippen molar-refractivity contribution in [2.75, 3.05) is 6.54 Å². The number of hydrogen-bond acceptors (Lipinski definition) is 4. The normalized spacial score (nSPS) is 11.6. The zero-order valence-electron chi connectivity index (χ0n) is 9.80. The highest BCUT2D eigenvalue weighted by atomic mass is 32.2. The van der Waals surface area contributed by atoms with Crippen LogP contribution in [0, 0.1) is 0 Å². The summed E-state index contributed by atoms with van der Waals surface area (Å²) in [4.78, 5) is 22.8. The molecule has 1 unspecified atom stereocenters. The summed E-state index contributed by atoms with van der Waals surface area (Å²) < 4.78 is 5.11. The Morgan fingerprint density at radius 3 is 2.47 bits per heavy atom. The van der Waals surface area contributed by atoms with Gasteiger partial charge in [-0.2, -0.15) is 0 Å². The highest BCUT2D eigenvalue weighted by molar-refractivity contribution is 7.99. The first kappa shape index (κ1) is 13.6. The monoisotopic (exact) mass is 253 g/mol. The van der Waals surface area contributed by atoms with Gasteiger partial charge in [-0.25, -0.2) is 0 Å². The van der Waals surface area contributed by atoms with Gasteiger partial charge in [0, 0.05) is 18.7 Å². The fourth-order valence-corrected chi connectivity index (χ4v) is 2.14. The zero-order chi connectivity index (χ0) is 12.7. The topological polar surface area (TPSA) is 55.4 Å². The van der Waals surface area contributed by atoms with Crippen LogP contribution in [0.2, 0.25) is 0 Å². The molecule has 4 nitrogen and oxygen atoms in total. The van der Waals surface area contributed by atoms with E-state index in [1.807, 2.05) is 30.3 Å². The summed E-state index contributed by atoms with van der Waals surface area (Å²) in [6.07, 6.45) is 0. The summed E-state index contributed by atoms with van der Waals surface area (Å²) in [6.45, 7) is 3.08. The van der Waals surface area contributed by atoms with Gasteiger partial charge in [0.2, 0.25) is 5.91 Å². The lowest BCUT2D eigenvalue weighted by Gasteiger charge is -2.16. The molecule has 0 spiro atoms. The zero-order valence-corrected chi connectivity index (χ0v) is 10.6. The van der Waals surface area contributed by atoms with Crippen LogP contribution in [0.3, 0.4) is 0 Å². The summed E-state index contributed by atoms with van der Waals surface area (Å²) >= 11 is 1.40. The Labute approximate surface area is 105 Å². The number of hydrogen-bond donors (Lipinski definition) is 1. The van der Waals surface area contributed by atoms with E-state index in [2.05, 4.69) is 5.32 Å². The van der Waals surface area contributed by atoms with Crippen LogP contribution in [0.1, 0.15) is 13.8 Å². The Bertz CT molecular complexity index is 381. The smallest absolute Gasteiger partial charge is 0.303 e. The van der Waals surface area contributed by atoms with Crippen LogP contribution in [0.4, 0.5) is 0 Å². The van der Waals surface area contributed by atoms with Crippen LogP contribution >= 0.6 is 11.8 Å². The number of rotatable bonds is 5. The van der Waals surface area contributed by atoms with Crippen molar-refractivity contribution >= 4 is 23.6 Å². The highest BCUT2D eigenvalue weighted by Crippen LogP contribution is 2.23. The number of carbonyl (C=O) groups is 2. The van der Waals surface area contributed by atoms with Crippen molar-refractivity contribution in [3.8, 4) is 0 Å². The van der Waals surface area contributed by atoms with Crippen LogP contribution in [-0.4, -0.2) is 23.9 Å². The van der Waals surface area contributed by atoms with Crippen LogP contribution < -0.4 is 5.32 Å². The molecule has 1 aromatic carbocycles. The van der Waals surface area contributed by atoms with Crippen molar-refractivity contribution in [3.05, 3.63) is 30.3 Å². The van der Waals surface area contributed by atoms with E-state index in [9.17, 15) is 9.59 Å². The number of ether oxygens (including phenoxy) is 1. The molecule has 0 aromatic heterocycles. The van der Waals surface area contributed by atoms with Gasteiger partial charge in [-0.3, -0.25) is 9.59 Å². The molecule has 0 saturated carbocycles. The van der Waals surface area contributed by atoms with Crippen LogP contribution in [0.5, 0.6) is 0 Å². The second-order valence-electron chi connectivity index (χ2n) is 3.41. The summed E-state index contributed by atoms with van der Waals surface area (Å²) in [5, 5.41) is 2.63. The van der Waals surface area contributed by atoms with Gasteiger partial charge in [0.05, 0.1) is 6.54 Å². The molecule has 1 atom stereocenters. The number of amides is 1. The number of nitrogens with one attached hydrogen (secondary N) is 1. The van der Waals surface area contributed by atoms with E-state index in [0.29, 0.717) is 6.54 Å². The first-order valence-corrected chi connectivity index (χ1v) is 6.09. The van der Waals surface area contributed by atoms with E-state index >= 15 is 0 Å². The molecule has 0 aliphatic carbocycles. The van der Waals surface area contributed by atoms with Crippen molar-refractivity contribution in [2.24, 2.45) is 0 Å². The summed E-state index contributed by atoms with van der Waals surface area (Å²) in [5.41, 5.74) is -0.404. The molecule has 1 amide bonds. The molecule has 1 aromatic rings. The van der Waals surface area contributed by atoms with Gasteiger partial charge >= 0.3 is 5.97 Å². The third-order valence-corrected chi connectivity index (χ3v) is 2.90. The van der Waals surface area contributed by atoms with Crippen LogP contribution in [-0.2, 0) is 14.3 Å². The van der Waals surface area contributed by atoms with E-state index < -0.39 is 5.44 Å². The predicted molar refractivity (Wildman–Crippen MR) is 66.5 cm³/mol. The standard InChI is InChI=1S/C12H15NO3S/c1-9(14)13-8-12(16-10(2)15)17-11-6-4-3-5-7-11/h3-7,12H,8H2,1-2H3,(H,13,14). The largest absolute Gasteiger partial charge is 0.449 e. The maximum absolute atomic E-state index is 10.9. The average Bonchev–Trinajstić information content (AvgIpc) is 2.26. The molecule has 0 aliphatic rings. The lowest BCUT2D eigenvalue weighted by molar-refractivity contribution is -0.142. The molecule has 0 fully saturated rings. The molecule has 0 aliphatic heterocycles. The molecule has 0 bridgehead atoms. The number of carbonyl (C=O) groups excluding carboxylic acids is 2. The molecule has 0 saturated heterocycles. The van der Waals surface area contributed by atoms with Gasteiger partial charge in [0.25, 0.3) is 0 Å². The van der Waals surface area contributed by atoms with Crippen molar-refractivity contribution in [3.63, 3.8) is 0 Å². The number of benzene rings is 1. The minimum atomic E-state index is -0.404. The van der Waals surface area contributed by atoms with Crippen molar-refractivity contribution in [1.29, 1.82) is 0 Å². The Morgan fingerprint density at radius 2 is 1.94 bits per heavy atom. The highest BCUT2D eigenvalue weighted by Gasteiger charge is 2.13. The van der Waals surface area contributed by atoms with Crippen molar-refractivity contribution in [1.82, 2.24) is 5.32 Å². The van der Waals surface area contributed by atoms with Gasteiger partial charge in [-0.05, 0) is 12.1 Å². The summed E-state index contributed by atoms with van der Waals surface area (Å²) in [5.74, 6) is -0.500. The molecule has 5 heteroatoms. The lowest BCUT2D eigenvalue weighted by atomic mass is 10.4. The average molecular weight is 253 g/mol. The Hall–Kier alpha value is -1.49. The van der Waals surface area contributed by atoms with Gasteiger partial charge in [0.15, 0.2) is 5.44 Å². The van der Waals surface area contributed by atoms with Crippen LogP contribution in [0.15, 0.2) is 35.2 Å². The Morgan fingerprint density at radius 1 is 1.29 bits per heavy atom. The SMILES string of the molecule is CC(=O)NCC(OC(C)=O)Sc1ccccc1. The molecule has 1 N–H and O–H groups in total. The van der Waals surface area contributed by atoms with Crippen molar-refractivity contribution in [2.45, 2.75) is 24.2 Å². The van der Waals surface area contributed by atoms with Gasteiger partial charge < -0.3 is 10.1 Å². The fraction of sp³-hybridized carbons (Fsp3) is 0.333. The van der Waals surface area contributed by atoms with E-state index in [-0.39, 0.29) is 11.9 Å². The van der Waals surface area contributed by atoms with Gasteiger partial charge in [-0.15, -0.1) is 0 Å². The summed E-state index contributed by atoms with van der Waals surface area (Å²) in [7, 11) is 0. The minimum absolute atomic E-state index is 0.143. The van der Waals surface area contributed by atoms with Gasteiger partial charge in [-0.1, -0.05) is 30.0 Å². The molecule has 1 rings (SSSR count). The molecule has 17 heavy (non-hydrogen) atoms. The Kier molecular flexibility index (Phi) is 5.56. The molecule has 0 radical (unpaired) electrons. The molecular formula is C12H15NO3S. The second kappa shape index (κ2) is 6.96. The van der Waals surface area contributed by atoms with Gasteiger partial charge in [0.1, 0.15) is 0 Å². The van der Waals surface area contributed by atoms with E-state index in [1.165, 1.54) is 25.6 Å². The van der Waals surface area contributed by atoms with Crippen molar-refractivity contribution < 1.29 is 14.3 Å².